The zero-order chi connectivity index (χ0) is 11.8. The summed E-state index contributed by atoms with van der Waals surface area (Å²) in [4.78, 5) is 13.2. The Morgan fingerprint density at radius 1 is 1.24 bits per heavy atom. The van der Waals surface area contributed by atoms with E-state index in [1.165, 1.54) is 16.0 Å². The molecular formula is C14H11ClOS. The Morgan fingerprint density at radius 2 is 2.06 bits per heavy atom. The minimum Gasteiger partial charge on any atom is -0.299 e. The number of halogens is 1. The molecule has 0 saturated carbocycles. The summed E-state index contributed by atoms with van der Waals surface area (Å²) >= 11 is 7.48. The van der Waals surface area contributed by atoms with Crippen molar-refractivity contribution in [3.05, 3.63) is 56.7 Å². The van der Waals surface area contributed by atoms with Crippen LogP contribution in [0.15, 0.2) is 36.4 Å². The van der Waals surface area contributed by atoms with Gasteiger partial charge in [0, 0.05) is 17.2 Å². The summed E-state index contributed by atoms with van der Waals surface area (Å²) in [6.07, 6.45) is 1.37. The van der Waals surface area contributed by atoms with Gasteiger partial charge in [-0.1, -0.05) is 35.9 Å². The van der Waals surface area contributed by atoms with Gasteiger partial charge in [0.2, 0.25) is 0 Å². The van der Waals surface area contributed by atoms with E-state index in [1.54, 1.807) is 11.3 Å². The number of ketones is 1. The highest BCUT2D eigenvalue weighted by Gasteiger charge is 2.30. The van der Waals surface area contributed by atoms with Gasteiger partial charge in [0.15, 0.2) is 0 Å². The van der Waals surface area contributed by atoms with Gasteiger partial charge < -0.3 is 0 Å². The van der Waals surface area contributed by atoms with E-state index in [1.807, 2.05) is 24.3 Å². The number of hydrogen-bond acceptors (Lipinski definition) is 2. The maximum absolute atomic E-state index is 12.0. The van der Waals surface area contributed by atoms with Crippen molar-refractivity contribution in [2.45, 2.75) is 18.8 Å². The van der Waals surface area contributed by atoms with Crippen LogP contribution in [0.1, 0.15) is 21.9 Å². The van der Waals surface area contributed by atoms with E-state index < -0.39 is 0 Å². The summed E-state index contributed by atoms with van der Waals surface area (Å²) in [5, 5.41) is 0. The molecule has 1 aliphatic carbocycles. The molecule has 0 spiro atoms. The second kappa shape index (κ2) is 4.28. The second-order valence-electron chi connectivity index (χ2n) is 4.30. The molecule has 0 fully saturated rings. The first-order chi connectivity index (χ1) is 8.24. The fraction of sp³-hybridized carbons (Fsp3) is 0.214. The van der Waals surface area contributed by atoms with E-state index >= 15 is 0 Å². The van der Waals surface area contributed by atoms with Gasteiger partial charge in [0.1, 0.15) is 5.78 Å². The first kappa shape index (κ1) is 11.0. The molecule has 2 aromatic rings. The van der Waals surface area contributed by atoms with Crippen LogP contribution in [0.3, 0.4) is 0 Å². The summed E-state index contributed by atoms with van der Waals surface area (Å²) in [6.45, 7) is 0. The molecule has 1 aliphatic rings. The molecule has 17 heavy (non-hydrogen) atoms. The predicted octanol–water partition coefficient (Wildman–Crippen LogP) is 3.85. The molecule has 0 bridgehead atoms. The molecule has 3 rings (SSSR count). The quantitative estimate of drug-likeness (QED) is 0.803. The third kappa shape index (κ3) is 2.03. The van der Waals surface area contributed by atoms with Gasteiger partial charge >= 0.3 is 0 Å². The van der Waals surface area contributed by atoms with Crippen molar-refractivity contribution in [1.29, 1.82) is 0 Å². The van der Waals surface area contributed by atoms with Crippen LogP contribution in [0.25, 0.3) is 0 Å². The number of rotatable bonds is 2. The van der Waals surface area contributed by atoms with Crippen molar-refractivity contribution in [3.8, 4) is 0 Å². The Morgan fingerprint density at radius 3 is 2.82 bits per heavy atom. The molecule has 0 amide bonds. The van der Waals surface area contributed by atoms with Crippen LogP contribution in [0.4, 0.5) is 0 Å². The van der Waals surface area contributed by atoms with E-state index in [0.29, 0.717) is 12.2 Å². The number of Topliss-reactive ketones (excluding diaryl/α,β-unsaturated/α-hetero) is 1. The lowest BCUT2D eigenvalue weighted by atomic mass is 9.96. The highest BCUT2D eigenvalue weighted by molar-refractivity contribution is 7.16. The highest BCUT2D eigenvalue weighted by Crippen LogP contribution is 2.35. The SMILES string of the molecule is O=C1Cc2ccccc2C1Cc1ccc(Cl)s1. The molecule has 1 unspecified atom stereocenters. The van der Waals surface area contributed by atoms with Gasteiger partial charge in [0.25, 0.3) is 0 Å². The van der Waals surface area contributed by atoms with Gasteiger partial charge in [-0.15, -0.1) is 11.3 Å². The Labute approximate surface area is 109 Å². The van der Waals surface area contributed by atoms with Gasteiger partial charge in [-0.2, -0.15) is 0 Å². The molecule has 1 aromatic heterocycles. The minimum atomic E-state index is 0.0286. The van der Waals surface area contributed by atoms with Crippen molar-refractivity contribution in [1.82, 2.24) is 0 Å². The van der Waals surface area contributed by atoms with Gasteiger partial charge in [-0.05, 0) is 29.7 Å². The number of fused-ring (bicyclic) bond motifs is 1. The smallest absolute Gasteiger partial charge is 0.145 e. The number of hydrogen-bond donors (Lipinski definition) is 0. The minimum absolute atomic E-state index is 0.0286. The largest absolute Gasteiger partial charge is 0.299 e. The van der Waals surface area contributed by atoms with Gasteiger partial charge in [0.05, 0.1) is 4.34 Å². The summed E-state index contributed by atoms with van der Waals surface area (Å²) in [5.41, 5.74) is 2.38. The highest BCUT2D eigenvalue weighted by atomic mass is 35.5. The first-order valence-electron chi connectivity index (χ1n) is 5.59. The Kier molecular flexibility index (Phi) is 2.77. The van der Waals surface area contributed by atoms with Crippen LogP contribution in [0.5, 0.6) is 0 Å². The van der Waals surface area contributed by atoms with E-state index in [9.17, 15) is 4.79 Å². The summed E-state index contributed by atoms with van der Waals surface area (Å²) in [5.74, 6) is 0.358. The zero-order valence-corrected chi connectivity index (χ0v) is 10.7. The topological polar surface area (TPSA) is 17.1 Å². The Balaban J connectivity index is 1.91. The zero-order valence-electron chi connectivity index (χ0n) is 9.15. The molecule has 1 heterocycles. The molecular weight excluding hydrogens is 252 g/mol. The molecule has 1 nitrogen and oxygen atoms in total. The molecule has 1 atom stereocenters. The lowest BCUT2D eigenvalue weighted by Gasteiger charge is -2.08. The summed E-state index contributed by atoms with van der Waals surface area (Å²) < 4.78 is 0.790. The van der Waals surface area contributed by atoms with Crippen LogP contribution in [0, 0.1) is 0 Å². The number of benzene rings is 1. The number of carbonyl (C=O) groups is 1. The Bertz CT molecular complexity index is 573. The standard InChI is InChI=1S/C14H11ClOS/c15-14-6-5-10(17-14)8-12-11-4-2-1-3-9(11)7-13(12)16/h1-6,12H,7-8H2. The summed E-state index contributed by atoms with van der Waals surface area (Å²) in [7, 11) is 0. The van der Waals surface area contributed by atoms with Crippen molar-refractivity contribution in [2.75, 3.05) is 0 Å². The van der Waals surface area contributed by atoms with Gasteiger partial charge in [-0.25, -0.2) is 0 Å². The van der Waals surface area contributed by atoms with Crippen LogP contribution in [-0.4, -0.2) is 5.78 Å². The average Bonchev–Trinajstić information content (AvgIpc) is 2.85. The predicted molar refractivity (Wildman–Crippen MR) is 70.9 cm³/mol. The van der Waals surface area contributed by atoms with Crippen molar-refractivity contribution in [2.24, 2.45) is 0 Å². The number of carbonyl (C=O) groups excluding carboxylic acids is 1. The maximum atomic E-state index is 12.0. The average molecular weight is 263 g/mol. The fourth-order valence-electron chi connectivity index (χ4n) is 2.41. The van der Waals surface area contributed by atoms with Crippen LogP contribution < -0.4 is 0 Å². The van der Waals surface area contributed by atoms with E-state index in [0.717, 1.165) is 10.8 Å². The van der Waals surface area contributed by atoms with Gasteiger partial charge in [-0.3, -0.25) is 4.79 Å². The summed E-state index contributed by atoms with van der Waals surface area (Å²) in [6, 6.07) is 12.0. The van der Waals surface area contributed by atoms with E-state index in [-0.39, 0.29) is 5.92 Å². The Hall–Kier alpha value is -1.12. The third-order valence-electron chi connectivity index (χ3n) is 3.22. The number of thiophene rings is 1. The molecule has 0 radical (unpaired) electrons. The van der Waals surface area contributed by atoms with Crippen LogP contribution >= 0.6 is 22.9 Å². The second-order valence-corrected chi connectivity index (χ2v) is 6.10. The lowest BCUT2D eigenvalue weighted by Crippen LogP contribution is -2.08. The maximum Gasteiger partial charge on any atom is 0.145 e. The monoisotopic (exact) mass is 262 g/mol. The molecule has 0 aliphatic heterocycles. The van der Waals surface area contributed by atoms with Crippen LogP contribution in [-0.2, 0) is 17.6 Å². The van der Waals surface area contributed by atoms with E-state index in [2.05, 4.69) is 12.1 Å². The molecule has 1 aromatic carbocycles. The molecule has 3 heteroatoms. The van der Waals surface area contributed by atoms with Crippen molar-refractivity contribution < 1.29 is 4.79 Å². The lowest BCUT2D eigenvalue weighted by molar-refractivity contribution is -0.119. The first-order valence-corrected chi connectivity index (χ1v) is 6.78. The normalized spacial score (nSPS) is 18.4. The van der Waals surface area contributed by atoms with Crippen molar-refractivity contribution >= 4 is 28.7 Å². The third-order valence-corrected chi connectivity index (χ3v) is 4.47. The van der Waals surface area contributed by atoms with Crippen molar-refractivity contribution in [3.63, 3.8) is 0 Å². The molecule has 0 saturated heterocycles. The fourth-order valence-corrected chi connectivity index (χ4v) is 3.54. The molecule has 0 N–H and O–H groups in total. The van der Waals surface area contributed by atoms with Crippen LogP contribution in [0.2, 0.25) is 4.34 Å². The van der Waals surface area contributed by atoms with E-state index in [4.69, 9.17) is 11.6 Å². The molecule has 86 valence electrons.